The van der Waals surface area contributed by atoms with Crippen molar-refractivity contribution in [2.75, 3.05) is 11.1 Å². The average molecular weight is 266 g/mol. The maximum Gasteiger partial charge on any atom is 0.272 e. The van der Waals surface area contributed by atoms with Crippen molar-refractivity contribution in [3.63, 3.8) is 0 Å². The third-order valence-corrected chi connectivity index (χ3v) is 2.44. The van der Waals surface area contributed by atoms with Gasteiger partial charge in [-0.2, -0.15) is 0 Å². The quantitative estimate of drug-likeness (QED) is 0.888. The van der Waals surface area contributed by atoms with E-state index < -0.39 is 18.9 Å². The molecule has 0 bridgehead atoms. The van der Waals surface area contributed by atoms with Gasteiger partial charge in [-0.15, -0.1) is 0 Å². The first-order valence-corrected chi connectivity index (χ1v) is 5.52. The Morgan fingerprint density at radius 2 is 2.21 bits per heavy atom. The highest BCUT2D eigenvalue weighted by Gasteiger charge is 2.14. The Bertz CT molecular complexity index is 565. The number of carbonyl (C=O) groups excluding carboxylic acids is 1. The highest BCUT2D eigenvalue weighted by Crippen LogP contribution is 2.11. The van der Waals surface area contributed by atoms with Crippen LogP contribution < -0.4 is 11.1 Å². The van der Waals surface area contributed by atoms with Gasteiger partial charge in [0.05, 0.1) is 18.4 Å². The molecule has 0 aliphatic heterocycles. The third kappa shape index (κ3) is 3.27. The molecule has 3 N–H and O–H groups in total. The lowest BCUT2D eigenvalue weighted by molar-refractivity contribution is 0.0997. The first kappa shape index (κ1) is 13.0. The third-order valence-electron chi connectivity index (χ3n) is 2.44. The zero-order chi connectivity index (χ0) is 13.8. The van der Waals surface area contributed by atoms with Crippen LogP contribution in [0.1, 0.15) is 10.5 Å². The number of hydrogen-bond donors (Lipinski definition) is 2. The fourth-order valence-electron chi connectivity index (χ4n) is 1.60. The molecule has 0 aromatic carbocycles. The fourth-order valence-corrected chi connectivity index (χ4v) is 1.60. The van der Waals surface area contributed by atoms with Crippen LogP contribution in [0.5, 0.6) is 0 Å². The number of carbonyl (C=O) groups is 1. The monoisotopic (exact) mass is 266 g/mol. The van der Waals surface area contributed by atoms with Gasteiger partial charge in [0.25, 0.3) is 12.3 Å². The molecule has 2 aromatic heterocycles. The molecule has 0 saturated carbocycles. The Kier molecular flexibility index (Phi) is 3.74. The minimum atomic E-state index is -2.52. The second kappa shape index (κ2) is 5.47. The topological polar surface area (TPSA) is 72.9 Å². The number of rotatable bonds is 4. The van der Waals surface area contributed by atoms with Crippen LogP contribution in [-0.2, 0) is 6.54 Å². The average Bonchev–Trinajstić information content (AvgIpc) is 2.79. The molecule has 0 aliphatic rings. The summed E-state index contributed by atoms with van der Waals surface area (Å²) in [6.45, 7) is -0.518. The molecule has 0 spiro atoms. The number of amides is 1. The van der Waals surface area contributed by atoms with E-state index in [1.807, 2.05) is 0 Å². The van der Waals surface area contributed by atoms with Gasteiger partial charge in [-0.05, 0) is 24.3 Å². The molecule has 1 amide bonds. The summed E-state index contributed by atoms with van der Waals surface area (Å²) < 4.78 is 25.9. The van der Waals surface area contributed by atoms with E-state index in [2.05, 4.69) is 10.3 Å². The number of alkyl halides is 2. The molecule has 100 valence electrons. The highest BCUT2D eigenvalue weighted by molar-refractivity contribution is 6.03. The second-order valence-electron chi connectivity index (χ2n) is 3.86. The summed E-state index contributed by atoms with van der Waals surface area (Å²) in [7, 11) is 0. The van der Waals surface area contributed by atoms with Gasteiger partial charge in [-0.1, -0.05) is 0 Å². The van der Waals surface area contributed by atoms with E-state index in [0.29, 0.717) is 11.5 Å². The van der Waals surface area contributed by atoms with Gasteiger partial charge in [0, 0.05) is 6.20 Å². The van der Waals surface area contributed by atoms with Crippen molar-refractivity contribution in [3.05, 3.63) is 42.4 Å². The predicted octanol–water partition coefficient (Wildman–Crippen LogP) is 1.98. The number of aromatic nitrogens is 2. The maximum absolute atomic E-state index is 12.3. The minimum Gasteiger partial charge on any atom is -0.384 e. The van der Waals surface area contributed by atoms with Crippen molar-refractivity contribution in [3.8, 4) is 0 Å². The first-order valence-electron chi connectivity index (χ1n) is 5.52. The normalized spacial score (nSPS) is 10.7. The summed E-state index contributed by atoms with van der Waals surface area (Å²) in [5.74, 6) is -0.142. The van der Waals surface area contributed by atoms with E-state index in [1.165, 1.54) is 29.1 Å². The Labute approximate surface area is 108 Å². The smallest absolute Gasteiger partial charge is 0.272 e. The van der Waals surface area contributed by atoms with E-state index in [1.54, 1.807) is 12.1 Å². The zero-order valence-corrected chi connectivity index (χ0v) is 9.88. The molecule has 2 rings (SSSR count). The van der Waals surface area contributed by atoms with Crippen molar-refractivity contribution in [2.24, 2.45) is 0 Å². The summed E-state index contributed by atoms with van der Waals surface area (Å²) in [4.78, 5) is 15.7. The fraction of sp³-hybridized carbons (Fsp3) is 0.167. The summed E-state index contributed by atoms with van der Waals surface area (Å²) in [6, 6.07) is 6.13. The molecule has 0 saturated heterocycles. The van der Waals surface area contributed by atoms with Gasteiger partial charge < -0.3 is 15.6 Å². The van der Waals surface area contributed by atoms with Crippen LogP contribution in [-0.4, -0.2) is 21.9 Å². The number of nitrogens with zero attached hydrogens (tertiary/aromatic N) is 2. The Morgan fingerprint density at radius 1 is 1.42 bits per heavy atom. The Hall–Kier alpha value is -2.44. The number of nitrogen functional groups attached to an aromatic ring is 1. The van der Waals surface area contributed by atoms with Gasteiger partial charge in [0.2, 0.25) is 0 Å². The predicted molar refractivity (Wildman–Crippen MR) is 67.0 cm³/mol. The van der Waals surface area contributed by atoms with Crippen LogP contribution in [0.25, 0.3) is 0 Å². The number of hydrogen-bond acceptors (Lipinski definition) is 3. The van der Waals surface area contributed by atoms with Crippen LogP contribution in [0, 0.1) is 0 Å². The lowest BCUT2D eigenvalue weighted by atomic mass is 10.3. The van der Waals surface area contributed by atoms with Crippen LogP contribution >= 0.6 is 0 Å². The molecule has 2 heterocycles. The zero-order valence-electron chi connectivity index (χ0n) is 9.88. The van der Waals surface area contributed by atoms with E-state index in [0.717, 1.165) is 0 Å². The van der Waals surface area contributed by atoms with Crippen molar-refractivity contribution in [2.45, 2.75) is 13.0 Å². The summed E-state index contributed by atoms with van der Waals surface area (Å²) >= 11 is 0. The SMILES string of the molecule is Nc1ccc(NC(=O)c2cccn2CC(F)F)cn1. The highest BCUT2D eigenvalue weighted by atomic mass is 19.3. The molecule has 5 nitrogen and oxygen atoms in total. The lowest BCUT2D eigenvalue weighted by Gasteiger charge is -2.09. The Morgan fingerprint density at radius 3 is 2.84 bits per heavy atom. The van der Waals surface area contributed by atoms with E-state index in [9.17, 15) is 13.6 Å². The number of nitrogens with two attached hydrogens (primary N) is 1. The maximum atomic E-state index is 12.3. The number of anilines is 2. The van der Waals surface area contributed by atoms with E-state index >= 15 is 0 Å². The van der Waals surface area contributed by atoms with Crippen molar-refractivity contribution < 1.29 is 13.6 Å². The number of halogens is 2. The summed E-state index contributed by atoms with van der Waals surface area (Å²) in [5, 5.41) is 2.56. The van der Waals surface area contributed by atoms with Crippen molar-refractivity contribution in [1.82, 2.24) is 9.55 Å². The van der Waals surface area contributed by atoms with Gasteiger partial charge in [-0.3, -0.25) is 4.79 Å². The van der Waals surface area contributed by atoms with Crippen molar-refractivity contribution >= 4 is 17.4 Å². The molecule has 19 heavy (non-hydrogen) atoms. The number of nitrogens with one attached hydrogen (secondary N) is 1. The molecule has 7 heteroatoms. The molecule has 0 atom stereocenters. The van der Waals surface area contributed by atoms with Crippen molar-refractivity contribution in [1.29, 1.82) is 0 Å². The summed E-state index contributed by atoms with van der Waals surface area (Å²) in [6.07, 6.45) is 0.313. The van der Waals surface area contributed by atoms with Gasteiger partial charge in [-0.25, -0.2) is 13.8 Å². The van der Waals surface area contributed by atoms with Crippen LogP contribution in [0.2, 0.25) is 0 Å². The second-order valence-corrected chi connectivity index (χ2v) is 3.86. The molecule has 0 aliphatic carbocycles. The molecular formula is C12H12F2N4O. The standard InChI is InChI=1S/C12H12F2N4O/c13-10(14)7-18-5-1-2-9(18)12(19)17-8-3-4-11(15)16-6-8/h1-6,10H,7H2,(H2,15,16)(H,17,19). The van der Waals surface area contributed by atoms with Gasteiger partial charge in [0.15, 0.2) is 0 Å². The van der Waals surface area contributed by atoms with Crippen LogP contribution in [0.15, 0.2) is 36.7 Å². The van der Waals surface area contributed by atoms with Gasteiger partial charge >= 0.3 is 0 Å². The lowest BCUT2D eigenvalue weighted by Crippen LogP contribution is -2.19. The van der Waals surface area contributed by atoms with Crippen LogP contribution in [0.4, 0.5) is 20.3 Å². The molecular weight excluding hydrogens is 254 g/mol. The van der Waals surface area contributed by atoms with E-state index in [-0.39, 0.29) is 5.69 Å². The molecule has 0 unspecified atom stereocenters. The molecule has 2 aromatic rings. The number of pyridine rings is 1. The Balaban J connectivity index is 2.11. The van der Waals surface area contributed by atoms with Crippen LogP contribution in [0.3, 0.4) is 0 Å². The summed E-state index contributed by atoms with van der Waals surface area (Å²) in [5.41, 5.74) is 6.03. The van der Waals surface area contributed by atoms with Gasteiger partial charge in [0.1, 0.15) is 11.5 Å². The first-order chi connectivity index (χ1) is 9.06. The minimum absolute atomic E-state index is 0.164. The molecule has 0 radical (unpaired) electrons. The molecule has 0 fully saturated rings. The largest absolute Gasteiger partial charge is 0.384 e. The van der Waals surface area contributed by atoms with E-state index in [4.69, 9.17) is 5.73 Å².